The fourth-order valence-corrected chi connectivity index (χ4v) is 2.64. The molecule has 2 N–H and O–H groups in total. The molecule has 2 aromatic carbocycles. The number of hydrogen-bond acceptors (Lipinski definition) is 4. The highest BCUT2D eigenvalue weighted by Crippen LogP contribution is 2.21. The highest BCUT2D eigenvalue weighted by atomic mass is 16.2. The van der Waals surface area contributed by atoms with Crippen molar-refractivity contribution in [1.82, 2.24) is 25.6 Å². The molecule has 0 aliphatic carbocycles. The van der Waals surface area contributed by atoms with Gasteiger partial charge in [-0.25, -0.2) is 4.68 Å². The molecule has 1 heterocycles. The van der Waals surface area contributed by atoms with Gasteiger partial charge in [0.1, 0.15) is 0 Å². The standard InChI is InChI=1S/C20H23N5O/c1-14(21-3)13-22-20(26)19-15(2)25(24-23-19)18-11-9-17(10-12-18)16-7-5-4-6-8-16/h4-12,14,21H,13H2,1-3H3,(H,22,26). The second-order valence-electron chi connectivity index (χ2n) is 6.25. The third kappa shape index (κ3) is 3.81. The van der Waals surface area contributed by atoms with Crippen molar-refractivity contribution in [3.05, 3.63) is 66.0 Å². The second-order valence-corrected chi connectivity index (χ2v) is 6.25. The van der Waals surface area contributed by atoms with E-state index in [9.17, 15) is 4.79 Å². The molecule has 3 rings (SSSR count). The van der Waals surface area contributed by atoms with Gasteiger partial charge in [0.15, 0.2) is 5.69 Å². The van der Waals surface area contributed by atoms with E-state index in [0.717, 1.165) is 16.8 Å². The molecule has 26 heavy (non-hydrogen) atoms. The Morgan fingerprint density at radius 3 is 2.38 bits per heavy atom. The normalized spacial score (nSPS) is 12.0. The Hall–Kier alpha value is -2.99. The number of carbonyl (C=O) groups is 1. The van der Waals surface area contributed by atoms with Crippen molar-refractivity contribution in [3.8, 4) is 16.8 Å². The van der Waals surface area contributed by atoms with E-state index in [1.165, 1.54) is 0 Å². The number of likely N-dealkylation sites (N-methyl/N-ethyl adjacent to an activating group) is 1. The van der Waals surface area contributed by atoms with Gasteiger partial charge in [0.25, 0.3) is 5.91 Å². The number of nitrogens with zero attached hydrogens (tertiary/aromatic N) is 3. The highest BCUT2D eigenvalue weighted by molar-refractivity contribution is 5.93. The molecule has 0 spiro atoms. The van der Waals surface area contributed by atoms with E-state index in [4.69, 9.17) is 0 Å². The lowest BCUT2D eigenvalue weighted by molar-refractivity contribution is 0.0945. The predicted molar refractivity (Wildman–Crippen MR) is 102 cm³/mol. The average Bonchev–Trinajstić information content (AvgIpc) is 3.08. The third-order valence-corrected chi connectivity index (χ3v) is 4.39. The van der Waals surface area contributed by atoms with Crippen LogP contribution in [0.15, 0.2) is 54.6 Å². The molecule has 1 aromatic heterocycles. The maximum atomic E-state index is 12.3. The van der Waals surface area contributed by atoms with E-state index in [1.54, 1.807) is 4.68 Å². The van der Waals surface area contributed by atoms with Gasteiger partial charge in [0.05, 0.1) is 11.4 Å². The summed E-state index contributed by atoms with van der Waals surface area (Å²) in [4.78, 5) is 12.3. The first-order valence-corrected chi connectivity index (χ1v) is 8.63. The van der Waals surface area contributed by atoms with Crippen LogP contribution in [-0.4, -0.2) is 40.5 Å². The summed E-state index contributed by atoms with van der Waals surface area (Å²) in [6.45, 7) is 4.38. The van der Waals surface area contributed by atoms with Crippen molar-refractivity contribution in [2.45, 2.75) is 19.9 Å². The van der Waals surface area contributed by atoms with Crippen LogP contribution in [-0.2, 0) is 0 Å². The summed E-state index contributed by atoms with van der Waals surface area (Å²) in [7, 11) is 1.86. The number of aromatic nitrogens is 3. The largest absolute Gasteiger partial charge is 0.349 e. The molecule has 6 nitrogen and oxygen atoms in total. The van der Waals surface area contributed by atoms with Gasteiger partial charge >= 0.3 is 0 Å². The van der Waals surface area contributed by atoms with Crippen molar-refractivity contribution in [3.63, 3.8) is 0 Å². The van der Waals surface area contributed by atoms with Crippen LogP contribution in [0.4, 0.5) is 0 Å². The van der Waals surface area contributed by atoms with E-state index < -0.39 is 0 Å². The summed E-state index contributed by atoms with van der Waals surface area (Å²) in [6, 6.07) is 18.4. The lowest BCUT2D eigenvalue weighted by Gasteiger charge is -2.10. The molecule has 0 saturated carbocycles. The zero-order valence-electron chi connectivity index (χ0n) is 15.2. The van der Waals surface area contributed by atoms with Crippen LogP contribution >= 0.6 is 0 Å². The van der Waals surface area contributed by atoms with Gasteiger partial charge in [0.2, 0.25) is 0 Å². The molecule has 0 bridgehead atoms. The third-order valence-electron chi connectivity index (χ3n) is 4.39. The zero-order valence-corrected chi connectivity index (χ0v) is 15.2. The fraction of sp³-hybridized carbons (Fsp3) is 0.250. The van der Waals surface area contributed by atoms with Crippen LogP contribution in [0.2, 0.25) is 0 Å². The molecule has 0 aliphatic rings. The molecule has 1 unspecified atom stereocenters. The first-order valence-electron chi connectivity index (χ1n) is 8.63. The van der Waals surface area contributed by atoms with Crippen molar-refractivity contribution >= 4 is 5.91 Å². The highest BCUT2D eigenvalue weighted by Gasteiger charge is 2.17. The van der Waals surface area contributed by atoms with Gasteiger partial charge in [-0.3, -0.25) is 4.79 Å². The van der Waals surface area contributed by atoms with Crippen LogP contribution < -0.4 is 10.6 Å². The predicted octanol–water partition coefficient (Wildman–Crippen LogP) is 2.58. The monoisotopic (exact) mass is 349 g/mol. The summed E-state index contributed by atoms with van der Waals surface area (Å²) in [5.74, 6) is -0.211. The number of carbonyl (C=O) groups excluding carboxylic acids is 1. The quantitative estimate of drug-likeness (QED) is 0.717. The Morgan fingerprint density at radius 2 is 1.73 bits per heavy atom. The summed E-state index contributed by atoms with van der Waals surface area (Å²) in [6.07, 6.45) is 0. The smallest absolute Gasteiger partial charge is 0.273 e. The summed E-state index contributed by atoms with van der Waals surface area (Å²) < 4.78 is 1.69. The molecule has 0 radical (unpaired) electrons. The number of amides is 1. The molecule has 1 amide bonds. The van der Waals surface area contributed by atoms with Crippen LogP contribution in [0.3, 0.4) is 0 Å². The Bertz CT molecular complexity index is 871. The average molecular weight is 349 g/mol. The van der Waals surface area contributed by atoms with Gasteiger partial charge in [-0.15, -0.1) is 5.10 Å². The summed E-state index contributed by atoms with van der Waals surface area (Å²) >= 11 is 0. The Labute approximate surface area is 153 Å². The van der Waals surface area contributed by atoms with Crippen molar-refractivity contribution in [2.24, 2.45) is 0 Å². The number of benzene rings is 2. The van der Waals surface area contributed by atoms with E-state index in [2.05, 4.69) is 33.1 Å². The van der Waals surface area contributed by atoms with Crippen LogP contribution in [0.1, 0.15) is 23.1 Å². The summed E-state index contributed by atoms with van der Waals surface area (Å²) in [5, 5.41) is 14.2. The van der Waals surface area contributed by atoms with Gasteiger partial charge in [0, 0.05) is 12.6 Å². The molecule has 0 aliphatic heterocycles. The minimum atomic E-state index is -0.211. The van der Waals surface area contributed by atoms with Crippen molar-refractivity contribution < 1.29 is 4.79 Å². The van der Waals surface area contributed by atoms with Crippen LogP contribution in [0.25, 0.3) is 16.8 Å². The molecule has 134 valence electrons. The Morgan fingerprint density at radius 1 is 1.08 bits per heavy atom. The minimum Gasteiger partial charge on any atom is -0.349 e. The zero-order chi connectivity index (χ0) is 18.5. The topological polar surface area (TPSA) is 71.8 Å². The van der Waals surface area contributed by atoms with Gasteiger partial charge in [-0.1, -0.05) is 47.7 Å². The first kappa shape index (κ1) is 17.8. The lowest BCUT2D eigenvalue weighted by atomic mass is 10.1. The SMILES string of the molecule is CNC(C)CNC(=O)c1nnn(-c2ccc(-c3ccccc3)cc2)c1C. The Balaban J connectivity index is 1.78. The molecule has 3 aromatic rings. The van der Waals surface area contributed by atoms with Crippen LogP contribution in [0.5, 0.6) is 0 Å². The first-order chi connectivity index (χ1) is 12.6. The van der Waals surface area contributed by atoms with Crippen molar-refractivity contribution in [2.75, 3.05) is 13.6 Å². The molecular weight excluding hydrogens is 326 g/mol. The fourth-order valence-electron chi connectivity index (χ4n) is 2.64. The lowest BCUT2D eigenvalue weighted by Crippen LogP contribution is -2.37. The van der Waals surface area contributed by atoms with E-state index in [0.29, 0.717) is 17.9 Å². The van der Waals surface area contributed by atoms with Gasteiger partial charge in [-0.05, 0) is 44.2 Å². The number of nitrogens with one attached hydrogen (secondary N) is 2. The van der Waals surface area contributed by atoms with E-state index in [1.807, 2.05) is 63.4 Å². The van der Waals surface area contributed by atoms with Crippen molar-refractivity contribution in [1.29, 1.82) is 0 Å². The number of rotatable bonds is 6. The maximum absolute atomic E-state index is 12.3. The van der Waals surface area contributed by atoms with Gasteiger partial charge in [-0.2, -0.15) is 0 Å². The van der Waals surface area contributed by atoms with E-state index >= 15 is 0 Å². The molecule has 1 atom stereocenters. The molecule has 6 heteroatoms. The van der Waals surface area contributed by atoms with Crippen LogP contribution in [0, 0.1) is 6.92 Å². The maximum Gasteiger partial charge on any atom is 0.273 e. The second kappa shape index (κ2) is 7.93. The van der Waals surface area contributed by atoms with Gasteiger partial charge < -0.3 is 10.6 Å². The molecular formula is C20H23N5O. The Kier molecular flexibility index (Phi) is 5.43. The van der Waals surface area contributed by atoms with E-state index in [-0.39, 0.29) is 11.9 Å². The summed E-state index contributed by atoms with van der Waals surface area (Å²) in [5.41, 5.74) is 4.23. The molecule has 0 fully saturated rings. The minimum absolute atomic E-state index is 0.194. The molecule has 0 saturated heterocycles. The number of hydrogen-bond donors (Lipinski definition) is 2.